The third kappa shape index (κ3) is 2.11. The van der Waals surface area contributed by atoms with E-state index in [9.17, 15) is 0 Å². The number of hydrogen-bond acceptors (Lipinski definition) is 1. The van der Waals surface area contributed by atoms with Gasteiger partial charge >= 0.3 is 0 Å². The topological polar surface area (TPSA) is 13.1 Å². The molecule has 0 atom stereocenters. The van der Waals surface area contributed by atoms with Crippen molar-refractivity contribution < 1.29 is 4.42 Å². The normalized spacial score (nSPS) is 11.0. The molecule has 0 fully saturated rings. The third-order valence-electron chi connectivity index (χ3n) is 4.08. The van der Waals surface area contributed by atoms with Crippen molar-refractivity contribution in [3.63, 3.8) is 0 Å². The van der Waals surface area contributed by atoms with Crippen molar-refractivity contribution in [3.05, 3.63) is 84.4 Å². The lowest BCUT2D eigenvalue weighted by Crippen LogP contribution is -1.77. The molecule has 4 aromatic rings. The van der Waals surface area contributed by atoms with Gasteiger partial charge in [0.1, 0.15) is 11.3 Å². The summed E-state index contributed by atoms with van der Waals surface area (Å²) >= 11 is 0. The Bertz CT molecular complexity index is 918. The van der Waals surface area contributed by atoms with Gasteiger partial charge in [0.2, 0.25) is 0 Å². The van der Waals surface area contributed by atoms with Crippen molar-refractivity contribution in [2.75, 3.05) is 0 Å². The highest BCUT2D eigenvalue weighted by molar-refractivity contribution is 5.90. The van der Waals surface area contributed by atoms with E-state index in [2.05, 4.69) is 61.5 Å². The molecule has 0 unspecified atom stereocenters. The molecule has 0 aliphatic rings. The molecular formula is C21H16O. The lowest BCUT2D eigenvalue weighted by molar-refractivity contribution is 0.629. The molecule has 1 aromatic heterocycles. The molecule has 1 nitrogen and oxygen atoms in total. The maximum Gasteiger partial charge on any atom is 0.138 e. The Hall–Kier alpha value is -2.80. The minimum Gasteiger partial charge on any atom is -0.456 e. The van der Waals surface area contributed by atoms with Crippen LogP contribution in [0.1, 0.15) is 5.56 Å². The van der Waals surface area contributed by atoms with Crippen molar-refractivity contribution >= 4 is 11.0 Å². The minimum absolute atomic E-state index is 0.942. The van der Waals surface area contributed by atoms with Crippen LogP contribution in [-0.4, -0.2) is 0 Å². The zero-order chi connectivity index (χ0) is 14.9. The summed E-state index contributed by atoms with van der Waals surface area (Å²) in [6, 6.07) is 27.1. The van der Waals surface area contributed by atoms with Crippen molar-refractivity contribution in [2.45, 2.75) is 6.92 Å². The van der Waals surface area contributed by atoms with Crippen molar-refractivity contribution in [1.29, 1.82) is 0 Å². The molecule has 0 spiro atoms. The molecule has 0 N–H and O–H groups in total. The Morgan fingerprint density at radius 3 is 1.95 bits per heavy atom. The summed E-state index contributed by atoms with van der Waals surface area (Å²) in [5.74, 6) is 0.959. The van der Waals surface area contributed by atoms with Crippen LogP contribution < -0.4 is 0 Å². The van der Waals surface area contributed by atoms with E-state index in [0.29, 0.717) is 0 Å². The number of benzene rings is 3. The van der Waals surface area contributed by atoms with Gasteiger partial charge < -0.3 is 4.42 Å². The van der Waals surface area contributed by atoms with Crippen LogP contribution in [0.15, 0.2) is 83.3 Å². The molecule has 0 bridgehead atoms. The van der Waals surface area contributed by atoms with Crippen LogP contribution in [0.2, 0.25) is 0 Å². The molecule has 1 heterocycles. The van der Waals surface area contributed by atoms with E-state index in [0.717, 1.165) is 16.9 Å². The highest BCUT2D eigenvalue weighted by Crippen LogP contribution is 2.35. The van der Waals surface area contributed by atoms with Gasteiger partial charge in [-0.3, -0.25) is 0 Å². The van der Waals surface area contributed by atoms with Crippen LogP contribution in [0.5, 0.6) is 0 Å². The molecule has 3 aromatic carbocycles. The van der Waals surface area contributed by atoms with Gasteiger partial charge in [0, 0.05) is 16.5 Å². The molecular weight excluding hydrogens is 268 g/mol. The first-order chi connectivity index (χ1) is 10.8. The third-order valence-corrected chi connectivity index (χ3v) is 4.08. The maximum absolute atomic E-state index is 6.15. The first kappa shape index (κ1) is 12.9. The number of fused-ring (bicyclic) bond motifs is 1. The van der Waals surface area contributed by atoms with Gasteiger partial charge in [-0.15, -0.1) is 0 Å². The van der Waals surface area contributed by atoms with Crippen LogP contribution >= 0.6 is 0 Å². The summed E-state index contributed by atoms with van der Waals surface area (Å²) in [5, 5.41) is 1.18. The number of hydrogen-bond donors (Lipinski definition) is 0. The molecule has 0 radical (unpaired) electrons. The van der Waals surface area contributed by atoms with Crippen LogP contribution in [0.3, 0.4) is 0 Å². The Kier molecular flexibility index (Phi) is 3.05. The zero-order valence-corrected chi connectivity index (χ0v) is 12.4. The Balaban J connectivity index is 1.88. The van der Waals surface area contributed by atoms with E-state index in [1.165, 1.54) is 22.1 Å². The smallest absolute Gasteiger partial charge is 0.138 e. The van der Waals surface area contributed by atoms with E-state index in [4.69, 9.17) is 4.42 Å². The molecule has 0 aliphatic heterocycles. The summed E-state index contributed by atoms with van der Waals surface area (Å²) in [5.41, 5.74) is 5.65. The van der Waals surface area contributed by atoms with Gasteiger partial charge in [0.05, 0.1) is 0 Å². The van der Waals surface area contributed by atoms with E-state index in [1.54, 1.807) is 0 Å². The second-order valence-corrected chi connectivity index (χ2v) is 5.50. The van der Waals surface area contributed by atoms with Gasteiger partial charge in [0.25, 0.3) is 0 Å². The molecule has 106 valence electrons. The predicted molar refractivity (Wildman–Crippen MR) is 91.8 cm³/mol. The number of rotatable bonds is 2. The lowest BCUT2D eigenvalue weighted by Gasteiger charge is -2.00. The quantitative estimate of drug-likeness (QED) is 0.435. The average molecular weight is 284 g/mol. The van der Waals surface area contributed by atoms with Crippen LogP contribution in [-0.2, 0) is 0 Å². The highest BCUT2D eigenvalue weighted by Gasteiger charge is 2.12. The monoisotopic (exact) mass is 284 g/mol. The molecule has 22 heavy (non-hydrogen) atoms. The van der Waals surface area contributed by atoms with E-state index in [-0.39, 0.29) is 0 Å². The van der Waals surface area contributed by atoms with Gasteiger partial charge in [-0.1, -0.05) is 72.8 Å². The SMILES string of the molecule is Cc1c(-c2ccccc2)oc2cc(-c3ccccc3)ccc12. The predicted octanol–water partition coefficient (Wildman–Crippen LogP) is 6.08. The first-order valence-corrected chi connectivity index (χ1v) is 7.47. The minimum atomic E-state index is 0.942. The van der Waals surface area contributed by atoms with Crippen LogP contribution in [0.25, 0.3) is 33.4 Å². The fourth-order valence-electron chi connectivity index (χ4n) is 2.90. The second-order valence-electron chi connectivity index (χ2n) is 5.50. The zero-order valence-electron chi connectivity index (χ0n) is 12.4. The van der Waals surface area contributed by atoms with E-state index in [1.807, 2.05) is 24.3 Å². The molecule has 4 rings (SSSR count). The maximum atomic E-state index is 6.15. The average Bonchev–Trinajstić information content (AvgIpc) is 2.93. The first-order valence-electron chi connectivity index (χ1n) is 7.47. The summed E-state index contributed by atoms with van der Waals surface area (Å²) in [7, 11) is 0. The van der Waals surface area contributed by atoms with Crippen molar-refractivity contribution in [3.8, 4) is 22.5 Å². The highest BCUT2D eigenvalue weighted by atomic mass is 16.3. The molecule has 0 aliphatic carbocycles. The Morgan fingerprint density at radius 2 is 1.27 bits per heavy atom. The molecule has 0 saturated carbocycles. The molecule has 0 saturated heterocycles. The Labute approximate surface area is 129 Å². The van der Waals surface area contributed by atoms with Crippen LogP contribution in [0.4, 0.5) is 0 Å². The largest absolute Gasteiger partial charge is 0.456 e. The van der Waals surface area contributed by atoms with Gasteiger partial charge in [0.15, 0.2) is 0 Å². The molecule has 1 heteroatoms. The summed E-state index contributed by atoms with van der Waals surface area (Å²) in [6.07, 6.45) is 0. The lowest BCUT2D eigenvalue weighted by atomic mass is 10.0. The fraction of sp³-hybridized carbons (Fsp3) is 0.0476. The van der Waals surface area contributed by atoms with Gasteiger partial charge in [-0.25, -0.2) is 0 Å². The summed E-state index contributed by atoms with van der Waals surface area (Å²) < 4.78 is 6.15. The van der Waals surface area contributed by atoms with Crippen LogP contribution in [0, 0.1) is 6.92 Å². The number of aryl methyl sites for hydroxylation is 1. The van der Waals surface area contributed by atoms with Gasteiger partial charge in [-0.2, -0.15) is 0 Å². The fourth-order valence-corrected chi connectivity index (χ4v) is 2.90. The Morgan fingerprint density at radius 1 is 0.636 bits per heavy atom. The standard InChI is InChI=1S/C21H16O/c1-15-19-13-12-18(16-8-4-2-5-9-16)14-20(19)22-21(15)17-10-6-3-7-11-17/h2-14H,1H3. The van der Waals surface area contributed by atoms with Gasteiger partial charge in [-0.05, 0) is 24.1 Å². The van der Waals surface area contributed by atoms with E-state index >= 15 is 0 Å². The second kappa shape index (κ2) is 5.19. The summed E-state index contributed by atoms with van der Waals surface area (Å²) in [4.78, 5) is 0. The molecule has 0 amide bonds. The van der Waals surface area contributed by atoms with Crippen molar-refractivity contribution in [2.24, 2.45) is 0 Å². The van der Waals surface area contributed by atoms with E-state index < -0.39 is 0 Å². The summed E-state index contributed by atoms with van der Waals surface area (Å²) in [6.45, 7) is 2.12. The number of furan rings is 1. The van der Waals surface area contributed by atoms with Crippen molar-refractivity contribution in [1.82, 2.24) is 0 Å².